The molecular weight excluding hydrogens is 202 g/mol. The number of aliphatic hydroxyl groups excluding tert-OH is 1. The van der Waals surface area contributed by atoms with Gasteiger partial charge in [-0.25, -0.2) is 0 Å². The van der Waals surface area contributed by atoms with Crippen LogP contribution in [0.4, 0.5) is 0 Å². The quantitative estimate of drug-likeness (QED) is 0.557. The molecule has 0 aromatic carbocycles. The number of nitrogens with one attached hydrogen (secondary N) is 1. The Hall–Kier alpha value is 0.0300. The zero-order valence-electron chi connectivity index (χ0n) is 9.16. The van der Waals surface area contributed by atoms with Gasteiger partial charge in [0.15, 0.2) is 0 Å². The maximum absolute atomic E-state index is 10.7. The van der Waals surface area contributed by atoms with E-state index in [-0.39, 0.29) is 6.10 Å². The van der Waals surface area contributed by atoms with Crippen LogP contribution in [0.1, 0.15) is 13.8 Å². The Morgan fingerprint density at radius 2 is 2.14 bits per heavy atom. The minimum absolute atomic E-state index is 0.146. The summed E-state index contributed by atoms with van der Waals surface area (Å²) in [5.74, 6) is 0.623. The first-order valence-corrected chi connectivity index (χ1v) is 6.55. The molecule has 0 aliphatic carbocycles. The Morgan fingerprint density at radius 3 is 2.64 bits per heavy atom. The summed E-state index contributed by atoms with van der Waals surface area (Å²) in [6.07, 6.45) is 1.33. The van der Waals surface area contributed by atoms with E-state index in [9.17, 15) is 9.32 Å². The van der Waals surface area contributed by atoms with E-state index in [0.717, 1.165) is 0 Å². The standard InChI is InChI=1S/C9H21NO3S/c1-8(2)13-7-9(11)6-10-4-5-14(3)12/h8-11H,4-7H2,1-3H3. The van der Waals surface area contributed by atoms with Gasteiger partial charge in [0.1, 0.15) is 0 Å². The van der Waals surface area contributed by atoms with E-state index in [4.69, 9.17) is 4.74 Å². The first kappa shape index (κ1) is 14.0. The van der Waals surface area contributed by atoms with Crippen LogP contribution in [0.25, 0.3) is 0 Å². The topological polar surface area (TPSA) is 58.6 Å². The second kappa shape index (κ2) is 8.35. The zero-order chi connectivity index (χ0) is 11.0. The minimum Gasteiger partial charge on any atom is -0.389 e. The van der Waals surface area contributed by atoms with Crippen LogP contribution in [-0.4, -0.2) is 53.2 Å². The van der Waals surface area contributed by atoms with Crippen molar-refractivity contribution < 1.29 is 14.1 Å². The molecule has 0 spiro atoms. The minimum atomic E-state index is -0.767. The maximum atomic E-state index is 10.7. The van der Waals surface area contributed by atoms with Gasteiger partial charge in [-0.05, 0) is 13.8 Å². The van der Waals surface area contributed by atoms with Crippen LogP contribution in [0, 0.1) is 0 Å². The van der Waals surface area contributed by atoms with E-state index in [0.29, 0.717) is 25.4 Å². The van der Waals surface area contributed by atoms with E-state index in [1.807, 2.05) is 13.8 Å². The van der Waals surface area contributed by atoms with Gasteiger partial charge < -0.3 is 15.2 Å². The van der Waals surface area contributed by atoms with Gasteiger partial charge in [-0.1, -0.05) is 0 Å². The van der Waals surface area contributed by atoms with Gasteiger partial charge in [0.25, 0.3) is 0 Å². The highest BCUT2D eigenvalue weighted by Crippen LogP contribution is 1.90. The molecule has 0 radical (unpaired) electrons. The number of rotatable bonds is 8. The van der Waals surface area contributed by atoms with Crippen molar-refractivity contribution in [2.45, 2.75) is 26.1 Å². The lowest BCUT2D eigenvalue weighted by Gasteiger charge is -2.13. The highest BCUT2D eigenvalue weighted by molar-refractivity contribution is 7.84. The van der Waals surface area contributed by atoms with Crippen LogP contribution < -0.4 is 5.32 Å². The van der Waals surface area contributed by atoms with E-state index in [1.165, 1.54) is 0 Å². The summed E-state index contributed by atoms with van der Waals surface area (Å²) >= 11 is 0. The molecule has 2 atom stereocenters. The van der Waals surface area contributed by atoms with Crippen molar-refractivity contribution in [2.75, 3.05) is 31.7 Å². The predicted molar refractivity (Wildman–Crippen MR) is 58.9 cm³/mol. The molecule has 0 aliphatic heterocycles. The summed E-state index contributed by atoms with van der Waals surface area (Å²) in [6.45, 7) is 5.37. The Labute approximate surface area is 88.5 Å². The SMILES string of the molecule is CC(C)OCC(O)CNCCS(C)=O. The van der Waals surface area contributed by atoms with Gasteiger partial charge in [-0.2, -0.15) is 0 Å². The Bertz CT molecular complexity index is 164. The van der Waals surface area contributed by atoms with Gasteiger partial charge in [0.05, 0.1) is 18.8 Å². The molecule has 0 heterocycles. The van der Waals surface area contributed by atoms with Crippen molar-refractivity contribution in [3.63, 3.8) is 0 Å². The van der Waals surface area contributed by atoms with E-state index < -0.39 is 16.9 Å². The monoisotopic (exact) mass is 223 g/mol. The van der Waals surface area contributed by atoms with Crippen molar-refractivity contribution >= 4 is 10.8 Å². The zero-order valence-corrected chi connectivity index (χ0v) is 9.97. The van der Waals surface area contributed by atoms with Crippen LogP contribution in [0.15, 0.2) is 0 Å². The molecule has 0 amide bonds. The highest BCUT2D eigenvalue weighted by atomic mass is 32.2. The van der Waals surface area contributed by atoms with E-state index >= 15 is 0 Å². The molecule has 0 saturated heterocycles. The molecule has 0 rings (SSSR count). The highest BCUT2D eigenvalue weighted by Gasteiger charge is 2.04. The van der Waals surface area contributed by atoms with Crippen LogP contribution in [0.5, 0.6) is 0 Å². The third-order valence-electron chi connectivity index (χ3n) is 1.57. The van der Waals surface area contributed by atoms with Gasteiger partial charge in [0, 0.05) is 35.9 Å². The molecule has 86 valence electrons. The number of aliphatic hydroxyl groups is 1. The van der Waals surface area contributed by atoms with Crippen molar-refractivity contribution in [1.82, 2.24) is 5.32 Å². The number of hydrogen-bond donors (Lipinski definition) is 2. The molecule has 0 aliphatic rings. The van der Waals surface area contributed by atoms with Gasteiger partial charge in [-0.15, -0.1) is 0 Å². The second-order valence-electron chi connectivity index (χ2n) is 3.52. The van der Waals surface area contributed by atoms with Crippen LogP contribution in [-0.2, 0) is 15.5 Å². The van der Waals surface area contributed by atoms with Crippen LogP contribution in [0.2, 0.25) is 0 Å². The van der Waals surface area contributed by atoms with E-state index in [2.05, 4.69) is 5.32 Å². The molecule has 0 bridgehead atoms. The first-order chi connectivity index (χ1) is 6.52. The number of hydrogen-bond acceptors (Lipinski definition) is 4. The van der Waals surface area contributed by atoms with Gasteiger partial charge in [0.2, 0.25) is 0 Å². The second-order valence-corrected chi connectivity index (χ2v) is 5.07. The Kier molecular flexibility index (Phi) is 8.37. The Balaban J connectivity index is 3.26. The molecule has 2 N–H and O–H groups in total. The fraction of sp³-hybridized carbons (Fsp3) is 1.00. The molecule has 5 heteroatoms. The largest absolute Gasteiger partial charge is 0.389 e. The lowest BCUT2D eigenvalue weighted by Crippen LogP contribution is -2.33. The average molecular weight is 223 g/mol. The molecule has 0 aromatic heterocycles. The molecule has 4 nitrogen and oxygen atoms in total. The third-order valence-corrected chi connectivity index (χ3v) is 2.35. The fourth-order valence-corrected chi connectivity index (χ4v) is 1.28. The molecule has 14 heavy (non-hydrogen) atoms. The fourth-order valence-electron chi connectivity index (χ4n) is 0.847. The maximum Gasteiger partial charge on any atom is 0.0897 e. The summed E-state index contributed by atoms with van der Waals surface area (Å²) in [6, 6.07) is 0. The normalized spacial score (nSPS) is 15.8. The third kappa shape index (κ3) is 10.1. The number of ether oxygens (including phenoxy) is 1. The predicted octanol–water partition coefficient (Wildman–Crippen LogP) is -0.260. The van der Waals surface area contributed by atoms with Crippen LogP contribution >= 0.6 is 0 Å². The molecule has 0 fully saturated rings. The van der Waals surface area contributed by atoms with Crippen molar-refractivity contribution in [1.29, 1.82) is 0 Å². The average Bonchev–Trinajstić information content (AvgIpc) is 2.08. The summed E-state index contributed by atoms with van der Waals surface area (Å²) < 4.78 is 15.9. The summed E-state index contributed by atoms with van der Waals surface area (Å²) in [7, 11) is -0.767. The van der Waals surface area contributed by atoms with E-state index in [1.54, 1.807) is 6.26 Å². The van der Waals surface area contributed by atoms with Gasteiger partial charge in [-0.3, -0.25) is 4.21 Å². The summed E-state index contributed by atoms with van der Waals surface area (Å²) in [5.41, 5.74) is 0. The molecule has 0 aromatic rings. The molecule has 0 saturated carbocycles. The first-order valence-electron chi connectivity index (χ1n) is 4.82. The lowest BCUT2D eigenvalue weighted by atomic mass is 10.3. The smallest absolute Gasteiger partial charge is 0.0897 e. The molecular formula is C9H21NO3S. The molecule has 2 unspecified atom stereocenters. The van der Waals surface area contributed by atoms with Crippen molar-refractivity contribution in [3.8, 4) is 0 Å². The van der Waals surface area contributed by atoms with Crippen molar-refractivity contribution in [2.24, 2.45) is 0 Å². The lowest BCUT2D eigenvalue weighted by molar-refractivity contribution is 0.00663. The van der Waals surface area contributed by atoms with Gasteiger partial charge >= 0.3 is 0 Å². The van der Waals surface area contributed by atoms with Crippen LogP contribution in [0.3, 0.4) is 0 Å². The summed E-state index contributed by atoms with van der Waals surface area (Å²) in [4.78, 5) is 0. The Morgan fingerprint density at radius 1 is 1.50 bits per heavy atom. The summed E-state index contributed by atoms with van der Waals surface area (Å²) in [5, 5.41) is 12.4. The van der Waals surface area contributed by atoms with Crippen molar-refractivity contribution in [3.05, 3.63) is 0 Å².